The summed E-state index contributed by atoms with van der Waals surface area (Å²) in [5.41, 5.74) is 1.10. The molecular formula is C15H25N3O. The number of amides is 1. The van der Waals surface area contributed by atoms with Crippen LogP contribution < -0.4 is 5.32 Å². The van der Waals surface area contributed by atoms with E-state index < -0.39 is 0 Å². The average molecular weight is 263 g/mol. The first-order valence-electron chi connectivity index (χ1n) is 7.03. The fraction of sp³-hybridized carbons (Fsp3) is 0.600. The van der Waals surface area contributed by atoms with E-state index in [-0.39, 0.29) is 5.91 Å². The number of carbonyl (C=O) groups is 1. The second-order valence-electron chi connectivity index (χ2n) is 5.07. The van der Waals surface area contributed by atoms with Crippen molar-refractivity contribution in [2.75, 3.05) is 25.5 Å². The molecule has 0 spiro atoms. The van der Waals surface area contributed by atoms with Crippen LogP contribution in [0, 0.1) is 6.92 Å². The molecule has 0 aliphatic carbocycles. The highest BCUT2D eigenvalue weighted by molar-refractivity contribution is 5.91. The number of hydrogen-bond acceptors (Lipinski definition) is 3. The molecule has 0 aromatic carbocycles. The third-order valence-corrected chi connectivity index (χ3v) is 2.99. The molecule has 1 amide bonds. The van der Waals surface area contributed by atoms with Crippen molar-refractivity contribution >= 4 is 11.7 Å². The van der Waals surface area contributed by atoms with Gasteiger partial charge in [0.1, 0.15) is 5.82 Å². The van der Waals surface area contributed by atoms with Crippen LogP contribution in [0.15, 0.2) is 18.3 Å². The topological polar surface area (TPSA) is 45.2 Å². The summed E-state index contributed by atoms with van der Waals surface area (Å²) in [5.74, 6) is 0.625. The first kappa shape index (κ1) is 15.6. The van der Waals surface area contributed by atoms with Crippen molar-refractivity contribution in [3.8, 4) is 0 Å². The third-order valence-electron chi connectivity index (χ3n) is 2.99. The lowest BCUT2D eigenvalue weighted by Crippen LogP contribution is -2.31. The van der Waals surface area contributed by atoms with Crippen LogP contribution in [-0.2, 0) is 4.79 Å². The normalized spacial score (nSPS) is 10.7. The van der Waals surface area contributed by atoms with Crippen molar-refractivity contribution in [2.24, 2.45) is 0 Å². The molecule has 0 saturated heterocycles. The highest BCUT2D eigenvalue weighted by Gasteiger charge is 2.07. The van der Waals surface area contributed by atoms with E-state index in [2.05, 4.69) is 22.1 Å². The number of rotatable bonds is 8. The van der Waals surface area contributed by atoms with Gasteiger partial charge in [0.15, 0.2) is 0 Å². The van der Waals surface area contributed by atoms with Gasteiger partial charge in [-0.25, -0.2) is 4.98 Å². The summed E-state index contributed by atoms with van der Waals surface area (Å²) < 4.78 is 0. The summed E-state index contributed by atoms with van der Waals surface area (Å²) in [6.45, 7) is 5.57. The largest absolute Gasteiger partial charge is 0.310 e. The van der Waals surface area contributed by atoms with E-state index in [9.17, 15) is 4.79 Å². The van der Waals surface area contributed by atoms with Gasteiger partial charge in [-0.05, 0) is 44.6 Å². The lowest BCUT2D eigenvalue weighted by atomic mass is 10.2. The zero-order chi connectivity index (χ0) is 14.1. The van der Waals surface area contributed by atoms with E-state index in [1.807, 2.05) is 26.1 Å². The number of anilines is 1. The molecule has 0 saturated carbocycles. The van der Waals surface area contributed by atoms with E-state index in [0.29, 0.717) is 12.4 Å². The van der Waals surface area contributed by atoms with Crippen LogP contribution in [0.2, 0.25) is 0 Å². The van der Waals surface area contributed by atoms with Crippen LogP contribution >= 0.6 is 0 Å². The molecule has 1 aromatic rings. The van der Waals surface area contributed by atoms with Crippen molar-refractivity contribution in [3.63, 3.8) is 0 Å². The van der Waals surface area contributed by atoms with Gasteiger partial charge in [0.25, 0.3) is 0 Å². The van der Waals surface area contributed by atoms with Crippen molar-refractivity contribution < 1.29 is 4.79 Å². The first-order chi connectivity index (χ1) is 9.11. The Morgan fingerprint density at radius 1 is 1.37 bits per heavy atom. The summed E-state index contributed by atoms with van der Waals surface area (Å²) in [7, 11) is 1.98. The zero-order valence-corrected chi connectivity index (χ0v) is 12.3. The number of aryl methyl sites for hydroxylation is 1. The Morgan fingerprint density at radius 3 is 2.84 bits per heavy atom. The van der Waals surface area contributed by atoms with Gasteiger partial charge in [-0.2, -0.15) is 0 Å². The summed E-state index contributed by atoms with van der Waals surface area (Å²) in [6.07, 6.45) is 6.61. The molecule has 1 N–H and O–H groups in total. The molecular weight excluding hydrogens is 238 g/mol. The van der Waals surface area contributed by atoms with Gasteiger partial charge in [0, 0.05) is 6.20 Å². The molecule has 1 aromatic heterocycles. The molecule has 0 fully saturated rings. The summed E-state index contributed by atoms with van der Waals surface area (Å²) in [5, 5.41) is 2.82. The Kier molecular flexibility index (Phi) is 7.11. The van der Waals surface area contributed by atoms with Crippen molar-refractivity contribution in [1.82, 2.24) is 9.88 Å². The molecule has 0 aliphatic rings. The number of nitrogens with one attached hydrogen (secondary N) is 1. The molecule has 0 radical (unpaired) electrons. The summed E-state index contributed by atoms with van der Waals surface area (Å²) in [6, 6.07) is 3.79. The van der Waals surface area contributed by atoms with E-state index in [1.165, 1.54) is 19.3 Å². The Hall–Kier alpha value is -1.42. The van der Waals surface area contributed by atoms with Gasteiger partial charge in [0.2, 0.25) is 5.91 Å². The minimum Gasteiger partial charge on any atom is -0.310 e. The lowest BCUT2D eigenvalue weighted by molar-refractivity contribution is -0.117. The van der Waals surface area contributed by atoms with Crippen molar-refractivity contribution in [1.29, 1.82) is 0 Å². The minimum absolute atomic E-state index is 0.00362. The van der Waals surface area contributed by atoms with E-state index in [4.69, 9.17) is 0 Å². The smallest absolute Gasteiger partial charge is 0.239 e. The summed E-state index contributed by atoms with van der Waals surface area (Å²) >= 11 is 0. The van der Waals surface area contributed by atoms with Crippen molar-refractivity contribution in [2.45, 2.75) is 39.5 Å². The lowest BCUT2D eigenvalue weighted by Gasteiger charge is -2.15. The highest BCUT2D eigenvalue weighted by atomic mass is 16.2. The minimum atomic E-state index is -0.00362. The third kappa shape index (κ3) is 6.91. The number of likely N-dealkylation sites (N-methyl/N-ethyl adjacent to an activating group) is 1. The number of unbranched alkanes of at least 4 members (excludes halogenated alkanes) is 3. The van der Waals surface area contributed by atoms with E-state index in [0.717, 1.165) is 18.5 Å². The predicted molar refractivity (Wildman–Crippen MR) is 79.2 cm³/mol. The molecule has 4 heteroatoms. The maximum absolute atomic E-state index is 11.8. The Labute approximate surface area is 116 Å². The zero-order valence-electron chi connectivity index (χ0n) is 12.3. The SMILES string of the molecule is CCCCCCN(C)CC(=O)Nc1cc(C)ccn1. The number of nitrogens with zero attached hydrogens (tertiary/aromatic N) is 2. The van der Waals surface area contributed by atoms with Crippen LogP contribution in [0.5, 0.6) is 0 Å². The van der Waals surface area contributed by atoms with Crippen LogP contribution in [0.3, 0.4) is 0 Å². The quantitative estimate of drug-likeness (QED) is 0.734. The Bertz CT molecular complexity index is 393. The van der Waals surface area contributed by atoms with Gasteiger partial charge in [-0.15, -0.1) is 0 Å². The molecule has 0 aliphatic heterocycles. The predicted octanol–water partition coefficient (Wildman–Crippen LogP) is 2.84. The fourth-order valence-corrected chi connectivity index (χ4v) is 1.92. The monoisotopic (exact) mass is 263 g/mol. The second kappa shape index (κ2) is 8.64. The van der Waals surface area contributed by atoms with Crippen LogP contribution in [0.25, 0.3) is 0 Å². The van der Waals surface area contributed by atoms with Crippen molar-refractivity contribution in [3.05, 3.63) is 23.9 Å². The molecule has 1 heterocycles. The molecule has 1 rings (SSSR count). The average Bonchev–Trinajstić information content (AvgIpc) is 2.34. The van der Waals surface area contributed by atoms with Gasteiger partial charge < -0.3 is 5.32 Å². The van der Waals surface area contributed by atoms with Crippen LogP contribution in [-0.4, -0.2) is 35.9 Å². The van der Waals surface area contributed by atoms with Crippen LogP contribution in [0.4, 0.5) is 5.82 Å². The fourth-order valence-electron chi connectivity index (χ4n) is 1.92. The van der Waals surface area contributed by atoms with E-state index in [1.54, 1.807) is 6.20 Å². The van der Waals surface area contributed by atoms with Gasteiger partial charge in [-0.3, -0.25) is 9.69 Å². The maximum atomic E-state index is 11.8. The van der Waals surface area contributed by atoms with E-state index >= 15 is 0 Å². The standard InChI is InChI=1S/C15H25N3O/c1-4-5-6-7-10-18(3)12-15(19)17-14-11-13(2)8-9-16-14/h8-9,11H,4-7,10,12H2,1-3H3,(H,16,17,19). The van der Waals surface area contributed by atoms with Gasteiger partial charge in [0.05, 0.1) is 6.54 Å². The number of carbonyl (C=O) groups excluding carboxylic acids is 1. The second-order valence-corrected chi connectivity index (χ2v) is 5.07. The molecule has 4 nitrogen and oxygen atoms in total. The highest BCUT2D eigenvalue weighted by Crippen LogP contribution is 2.05. The number of aromatic nitrogens is 1. The first-order valence-corrected chi connectivity index (χ1v) is 7.03. The molecule has 19 heavy (non-hydrogen) atoms. The van der Waals surface area contributed by atoms with Gasteiger partial charge >= 0.3 is 0 Å². The molecule has 0 unspecified atom stereocenters. The molecule has 0 atom stereocenters. The summed E-state index contributed by atoms with van der Waals surface area (Å²) in [4.78, 5) is 18.0. The number of hydrogen-bond donors (Lipinski definition) is 1. The van der Waals surface area contributed by atoms with Gasteiger partial charge in [-0.1, -0.05) is 26.2 Å². The molecule has 0 bridgehead atoms. The maximum Gasteiger partial charge on any atom is 0.239 e. The Morgan fingerprint density at radius 2 is 2.16 bits per heavy atom. The Balaban J connectivity index is 2.26. The number of pyridine rings is 1. The van der Waals surface area contributed by atoms with Crippen LogP contribution in [0.1, 0.15) is 38.2 Å². The molecule has 106 valence electrons.